The maximum absolute atomic E-state index is 12.9. The number of carbonyl (C=O) groups excluding carboxylic acids is 1. The van der Waals surface area contributed by atoms with Crippen LogP contribution < -0.4 is 10.1 Å². The lowest BCUT2D eigenvalue weighted by atomic mass is 10.1. The third-order valence-electron chi connectivity index (χ3n) is 3.47. The molecule has 22 heavy (non-hydrogen) atoms. The van der Waals surface area contributed by atoms with Crippen LogP contribution in [0.2, 0.25) is 0 Å². The fraction of sp³-hybridized carbons (Fsp3) is 0.375. The van der Waals surface area contributed by atoms with E-state index in [9.17, 15) is 9.18 Å². The van der Waals surface area contributed by atoms with Crippen molar-refractivity contribution in [2.75, 3.05) is 5.32 Å². The summed E-state index contributed by atoms with van der Waals surface area (Å²) in [6.07, 6.45) is 2.35. The van der Waals surface area contributed by atoms with Crippen LogP contribution in [0.3, 0.4) is 0 Å². The molecule has 1 amide bonds. The summed E-state index contributed by atoms with van der Waals surface area (Å²) in [6.45, 7) is 3.34. The van der Waals surface area contributed by atoms with Crippen molar-refractivity contribution in [3.63, 3.8) is 0 Å². The van der Waals surface area contributed by atoms with Gasteiger partial charge in [0.05, 0.1) is 5.69 Å². The molecule has 0 radical (unpaired) electrons. The number of nitrogens with zero attached hydrogens (tertiary/aromatic N) is 1. The van der Waals surface area contributed by atoms with Crippen LogP contribution in [0.1, 0.15) is 38.3 Å². The molecule has 1 heterocycles. The van der Waals surface area contributed by atoms with Gasteiger partial charge in [0, 0.05) is 11.3 Å². The van der Waals surface area contributed by atoms with Gasteiger partial charge in [-0.2, -0.15) is 0 Å². The number of nitrogens with one attached hydrogen (secondary N) is 1. The fourth-order valence-electron chi connectivity index (χ4n) is 2.00. The van der Waals surface area contributed by atoms with Gasteiger partial charge in [0.2, 0.25) is 0 Å². The summed E-state index contributed by atoms with van der Waals surface area (Å²) in [4.78, 5) is 16.8. The second-order valence-electron chi connectivity index (χ2n) is 5.87. The third kappa shape index (κ3) is 3.44. The van der Waals surface area contributed by atoms with Crippen molar-refractivity contribution in [1.82, 2.24) is 4.98 Å². The molecule has 1 aromatic carbocycles. The lowest BCUT2D eigenvalue weighted by Crippen LogP contribution is -2.42. The number of hydrogen-bond donors (Lipinski definition) is 1. The van der Waals surface area contributed by atoms with Gasteiger partial charge in [-0.05, 0) is 51.0 Å². The number of hydrogen-bond acceptors (Lipinski definition) is 4. The third-order valence-corrected chi connectivity index (χ3v) is 4.25. The summed E-state index contributed by atoms with van der Waals surface area (Å²) >= 11 is 1.42. The molecule has 0 bridgehead atoms. The highest BCUT2D eigenvalue weighted by Crippen LogP contribution is 2.40. The van der Waals surface area contributed by atoms with Gasteiger partial charge in [0.1, 0.15) is 11.6 Å². The first kappa shape index (κ1) is 15.0. The second-order valence-corrected chi connectivity index (χ2v) is 6.73. The van der Waals surface area contributed by atoms with Gasteiger partial charge in [-0.3, -0.25) is 10.1 Å². The van der Waals surface area contributed by atoms with Crippen LogP contribution >= 0.6 is 11.3 Å². The Labute approximate surface area is 132 Å². The molecule has 0 spiro atoms. The van der Waals surface area contributed by atoms with E-state index in [0.717, 1.165) is 5.69 Å². The predicted molar refractivity (Wildman–Crippen MR) is 83.8 cm³/mol. The number of thiazole rings is 1. The first-order chi connectivity index (χ1) is 10.4. The smallest absolute Gasteiger partial charge is 0.269 e. The number of anilines is 1. The molecule has 2 aromatic rings. The van der Waals surface area contributed by atoms with Gasteiger partial charge in [0.15, 0.2) is 10.7 Å². The van der Waals surface area contributed by atoms with Gasteiger partial charge >= 0.3 is 0 Å². The minimum atomic E-state index is -1.08. The highest BCUT2D eigenvalue weighted by Gasteiger charge is 2.31. The van der Waals surface area contributed by atoms with E-state index in [1.165, 1.54) is 48.4 Å². The Bertz CT molecular complexity index is 678. The number of amides is 1. The molecule has 4 nitrogen and oxygen atoms in total. The zero-order chi connectivity index (χ0) is 15.7. The van der Waals surface area contributed by atoms with E-state index in [2.05, 4.69) is 10.3 Å². The Morgan fingerprint density at radius 3 is 2.68 bits per heavy atom. The Morgan fingerprint density at radius 2 is 2.05 bits per heavy atom. The first-order valence-electron chi connectivity index (χ1n) is 7.15. The Balaban J connectivity index is 1.64. The summed E-state index contributed by atoms with van der Waals surface area (Å²) < 4.78 is 18.6. The topological polar surface area (TPSA) is 51.2 Å². The van der Waals surface area contributed by atoms with Gasteiger partial charge in [-0.25, -0.2) is 9.37 Å². The molecule has 3 rings (SSSR count). The molecule has 116 valence electrons. The van der Waals surface area contributed by atoms with Gasteiger partial charge in [-0.1, -0.05) is 0 Å². The quantitative estimate of drug-likeness (QED) is 0.907. The standard InChI is InChI=1S/C16H17FN2O2S/c1-16(2,21-12-7-5-11(17)6-8-12)14(20)19-15-18-13(9-22-15)10-3-4-10/h5-10H,3-4H2,1-2H3,(H,18,19,20). The summed E-state index contributed by atoms with van der Waals surface area (Å²) in [6, 6.07) is 5.59. The molecule has 0 saturated heterocycles. The van der Waals surface area contributed by atoms with Gasteiger partial charge in [-0.15, -0.1) is 11.3 Å². The summed E-state index contributed by atoms with van der Waals surface area (Å²) in [7, 11) is 0. The molecule has 6 heteroatoms. The maximum Gasteiger partial charge on any atom is 0.269 e. The molecule has 1 saturated carbocycles. The van der Waals surface area contributed by atoms with Crippen molar-refractivity contribution in [2.24, 2.45) is 0 Å². The molecule has 0 aliphatic heterocycles. The van der Waals surface area contributed by atoms with E-state index in [4.69, 9.17) is 4.74 Å². The van der Waals surface area contributed by atoms with E-state index in [1.807, 2.05) is 5.38 Å². The van der Waals surface area contributed by atoms with E-state index in [-0.39, 0.29) is 11.7 Å². The largest absolute Gasteiger partial charge is 0.478 e. The molecular formula is C16H17FN2O2S. The van der Waals surface area contributed by atoms with Crippen LogP contribution in [0, 0.1) is 5.82 Å². The number of halogens is 1. The highest BCUT2D eigenvalue weighted by molar-refractivity contribution is 7.14. The lowest BCUT2D eigenvalue weighted by Gasteiger charge is -2.24. The van der Waals surface area contributed by atoms with Crippen molar-refractivity contribution >= 4 is 22.4 Å². The zero-order valence-corrected chi connectivity index (χ0v) is 13.2. The SMILES string of the molecule is CC(C)(Oc1ccc(F)cc1)C(=O)Nc1nc(C2CC2)cs1. The van der Waals surface area contributed by atoms with Gasteiger partial charge < -0.3 is 4.74 Å². The van der Waals surface area contributed by atoms with Crippen LogP contribution in [0.15, 0.2) is 29.6 Å². The molecular weight excluding hydrogens is 303 g/mol. The highest BCUT2D eigenvalue weighted by atomic mass is 32.1. The monoisotopic (exact) mass is 320 g/mol. The lowest BCUT2D eigenvalue weighted by molar-refractivity contribution is -0.128. The Hall–Kier alpha value is -1.95. The average molecular weight is 320 g/mol. The van der Waals surface area contributed by atoms with Crippen molar-refractivity contribution in [3.8, 4) is 5.75 Å². The van der Waals surface area contributed by atoms with E-state index in [1.54, 1.807) is 13.8 Å². The zero-order valence-electron chi connectivity index (χ0n) is 12.4. The van der Waals surface area contributed by atoms with Crippen LogP contribution in [-0.2, 0) is 4.79 Å². The Kier molecular flexibility index (Phi) is 3.87. The molecule has 1 aliphatic rings. The maximum atomic E-state index is 12.9. The van der Waals surface area contributed by atoms with Crippen LogP contribution in [0.5, 0.6) is 5.75 Å². The fourth-order valence-corrected chi connectivity index (χ4v) is 2.79. The van der Waals surface area contributed by atoms with Crippen LogP contribution in [0.4, 0.5) is 9.52 Å². The molecule has 1 N–H and O–H groups in total. The molecule has 1 aliphatic carbocycles. The molecule has 1 aromatic heterocycles. The molecule has 0 unspecified atom stereocenters. The summed E-state index contributed by atoms with van der Waals surface area (Å²) in [5.41, 5.74) is -0.0268. The number of rotatable bonds is 5. The van der Waals surface area contributed by atoms with Crippen LogP contribution in [0.25, 0.3) is 0 Å². The van der Waals surface area contributed by atoms with Gasteiger partial charge in [0.25, 0.3) is 5.91 Å². The van der Waals surface area contributed by atoms with Crippen molar-refractivity contribution in [1.29, 1.82) is 0 Å². The van der Waals surface area contributed by atoms with Crippen LogP contribution in [-0.4, -0.2) is 16.5 Å². The number of carbonyl (C=O) groups is 1. The van der Waals surface area contributed by atoms with E-state index >= 15 is 0 Å². The van der Waals surface area contributed by atoms with Crippen molar-refractivity contribution in [2.45, 2.75) is 38.2 Å². The summed E-state index contributed by atoms with van der Waals surface area (Å²) in [5.74, 6) is 0.378. The average Bonchev–Trinajstić information content (AvgIpc) is 3.22. The molecule has 0 atom stereocenters. The van der Waals surface area contributed by atoms with Crippen molar-refractivity contribution in [3.05, 3.63) is 41.2 Å². The minimum absolute atomic E-state index is 0.284. The Morgan fingerprint density at radius 1 is 1.36 bits per heavy atom. The minimum Gasteiger partial charge on any atom is -0.478 e. The summed E-state index contributed by atoms with van der Waals surface area (Å²) in [5, 5.41) is 5.36. The molecule has 1 fully saturated rings. The van der Waals surface area contributed by atoms with Crippen molar-refractivity contribution < 1.29 is 13.9 Å². The van der Waals surface area contributed by atoms with E-state index < -0.39 is 5.60 Å². The normalized spacial score (nSPS) is 14.7. The van der Waals surface area contributed by atoms with E-state index in [0.29, 0.717) is 16.8 Å². The number of aromatic nitrogens is 1. The number of benzene rings is 1. The second kappa shape index (κ2) is 5.68. The first-order valence-corrected chi connectivity index (χ1v) is 8.03. The predicted octanol–water partition coefficient (Wildman–Crippen LogP) is 3.96. The number of ether oxygens (including phenoxy) is 1.